The van der Waals surface area contributed by atoms with Gasteiger partial charge in [0, 0.05) is 12.8 Å². The summed E-state index contributed by atoms with van der Waals surface area (Å²) in [6.07, 6.45) is 2.92. The van der Waals surface area contributed by atoms with Gasteiger partial charge in [0.1, 0.15) is 6.10 Å². The van der Waals surface area contributed by atoms with Crippen LogP contribution < -0.4 is 0 Å². The third-order valence-electron chi connectivity index (χ3n) is 10.3. The predicted molar refractivity (Wildman–Crippen MR) is 109 cm³/mol. The maximum absolute atomic E-state index is 14.6. The van der Waals surface area contributed by atoms with E-state index in [0.29, 0.717) is 30.6 Å². The Morgan fingerprint density at radius 2 is 1.73 bits per heavy atom. The second-order valence-electron chi connectivity index (χ2n) is 11.6. The van der Waals surface area contributed by atoms with E-state index in [1.807, 2.05) is 6.92 Å². The topological polar surface area (TPSA) is 77.8 Å². The lowest BCUT2D eigenvalue weighted by Gasteiger charge is -2.63. The predicted octanol–water partition coefficient (Wildman–Crippen LogP) is 4.72. The van der Waals surface area contributed by atoms with Gasteiger partial charge in [-0.25, -0.2) is 8.78 Å². The molecule has 4 saturated carbocycles. The first-order chi connectivity index (χ1) is 13.9. The minimum Gasteiger partial charge on any atom is -0.481 e. The quantitative estimate of drug-likeness (QED) is 0.605. The van der Waals surface area contributed by atoms with E-state index in [2.05, 4.69) is 13.8 Å². The first-order valence-electron chi connectivity index (χ1n) is 11.9. The van der Waals surface area contributed by atoms with E-state index < -0.39 is 29.5 Å². The Labute approximate surface area is 178 Å². The Hall–Kier alpha value is -0.750. The van der Waals surface area contributed by atoms with Gasteiger partial charge in [-0.2, -0.15) is 0 Å². The number of aliphatic carboxylic acids is 1. The van der Waals surface area contributed by atoms with E-state index in [1.165, 1.54) is 0 Å². The second-order valence-corrected chi connectivity index (χ2v) is 11.6. The number of hydrogen-bond acceptors (Lipinski definition) is 3. The fourth-order valence-electron chi connectivity index (χ4n) is 8.76. The molecule has 10 atom stereocenters. The molecule has 0 aromatic rings. The molecule has 6 heteroatoms. The summed E-state index contributed by atoms with van der Waals surface area (Å²) in [4.78, 5) is 11.0. The molecule has 0 spiro atoms. The molecule has 0 aromatic heterocycles. The molecule has 4 fully saturated rings. The Morgan fingerprint density at radius 3 is 2.40 bits per heavy atom. The van der Waals surface area contributed by atoms with Crippen molar-refractivity contribution in [3.63, 3.8) is 0 Å². The summed E-state index contributed by atoms with van der Waals surface area (Å²) in [5.74, 6) is -2.72. The number of rotatable bonds is 4. The molecule has 0 bridgehead atoms. The Kier molecular flexibility index (Phi) is 5.53. The zero-order valence-electron chi connectivity index (χ0n) is 18.5. The third kappa shape index (κ3) is 3.32. The lowest BCUT2D eigenvalue weighted by atomic mass is 9.43. The van der Waals surface area contributed by atoms with E-state index in [-0.39, 0.29) is 42.4 Å². The molecule has 4 aliphatic rings. The molecule has 4 rings (SSSR count). The highest BCUT2D eigenvalue weighted by molar-refractivity contribution is 5.66. The van der Waals surface area contributed by atoms with Gasteiger partial charge in [0.2, 0.25) is 0 Å². The van der Waals surface area contributed by atoms with Crippen LogP contribution in [0.4, 0.5) is 8.78 Å². The van der Waals surface area contributed by atoms with Crippen molar-refractivity contribution in [3.05, 3.63) is 0 Å². The fourth-order valence-corrected chi connectivity index (χ4v) is 8.76. The lowest BCUT2D eigenvalue weighted by Crippen LogP contribution is -2.62. The molecular weight excluding hydrogens is 390 g/mol. The molecule has 3 N–H and O–H groups in total. The second kappa shape index (κ2) is 7.40. The van der Waals surface area contributed by atoms with Crippen LogP contribution in [0.25, 0.3) is 0 Å². The number of hydrogen-bond donors (Lipinski definition) is 3. The van der Waals surface area contributed by atoms with Crippen LogP contribution in [0.3, 0.4) is 0 Å². The highest BCUT2D eigenvalue weighted by atomic mass is 19.3. The smallest absolute Gasteiger partial charge is 0.303 e. The molecule has 0 amide bonds. The van der Waals surface area contributed by atoms with Crippen LogP contribution in [0, 0.1) is 46.3 Å². The summed E-state index contributed by atoms with van der Waals surface area (Å²) in [5, 5.41) is 30.2. The highest BCUT2D eigenvalue weighted by Crippen LogP contribution is 2.69. The minimum absolute atomic E-state index is 0.0349. The number of carbonyl (C=O) groups is 1. The Morgan fingerprint density at radius 1 is 1.07 bits per heavy atom. The molecule has 172 valence electrons. The van der Waals surface area contributed by atoms with Gasteiger partial charge in [-0.05, 0) is 91.3 Å². The van der Waals surface area contributed by atoms with Crippen LogP contribution in [-0.4, -0.2) is 39.4 Å². The number of fused-ring (bicyclic) bond motifs is 5. The summed E-state index contributed by atoms with van der Waals surface area (Å²) in [7, 11) is 0. The molecule has 0 radical (unpaired) electrons. The van der Waals surface area contributed by atoms with Gasteiger partial charge in [0.05, 0.1) is 6.10 Å². The van der Waals surface area contributed by atoms with E-state index in [9.17, 15) is 23.8 Å². The number of halogens is 2. The highest BCUT2D eigenvalue weighted by Gasteiger charge is 2.66. The third-order valence-corrected chi connectivity index (χ3v) is 10.3. The van der Waals surface area contributed by atoms with Crippen LogP contribution in [0.5, 0.6) is 0 Å². The van der Waals surface area contributed by atoms with Crippen molar-refractivity contribution in [2.75, 3.05) is 0 Å². The summed E-state index contributed by atoms with van der Waals surface area (Å²) in [6, 6.07) is 0. The molecule has 3 unspecified atom stereocenters. The number of carboxylic acids is 1. The number of aliphatic hydroxyl groups excluding tert-OH is 2. The fraction of sp³-hybridized carbons (Fsp3) is 0.958. The molecule has 0 heterocycles. The maximum Gasteiger partial charge on any atom is 0.303 e. The zero-order chi connectivity index (χ0) is 22.1. The summed E-state index contributed by atoms with van der Waals surface area (Å²) in [5.41, 5.74) is -0.499. The number of carboxylic acid groups (broad SMARTS) is 1. The van der Waals surface area contributed by atoms with Gasteiger partial charge < -0.3 is 15.3 Å². The van der Waals surface area contributed by atoms with Gasteiger partial charge in [0.15, 0.2) is 0 Å². The van der Waals surface area contributed by atoms with E-state index in [1.54, 1.807) is 0 Å². The number of aliphatic hydroxyl groups is 2. The summed E-state index contributed by atoms with van der Waals surface area (Å²) >= 11 is 0. The van der Waals surface area contributed by atoms with Crippen molar-refractivity contribution < 1.29 is 28.9 Å². The first kappa shape index (κ1) is 22.4. The maximum atomic E-state index is 14.6. The number of alkyl halides is 2. The van der Waals surface area contributed by atoms with E-state index in [0.717, 1.165) is 25.7 Å². The van der Waals surface area contributed by atoms with Gasteiger partial charge >= 0.3 is 5.97 Å². The van der Waals surface area contributed by atoms with Crippen LogP contribution in [0.2, 0.25) is 0 Å². The van der Waals surface area contributed by atoms with Crippen molar-refractivity contribution in [2.45, 2.75) is 96.7 Å². The van der Waals surface area contributed by atoms with Gasteiger partial charge in [-0.3, -0.25) is 4.79 Å². The first-order valence-corrected chi connectivity index (χ1v) is 11.9. The van der Waals surface area contributed by atoms with Crippen molar-refractivity contribution >= 4 is 5.97 Å². The van der Waals surface area contributed by atoms with Crippen molar-refractivity contribution in [1.29, 1.82) is 0 Å². The van der Waals surface area contributed by atoms with Crippen LogP contribution in [0.15, 0.2) is 0 Å². The Balaban J connectivity index is 1.59. The average Bonchev–Trinajstić information content (AvgIpc) is 2.99. The molecule has 0 saturated heterocycles. The summed E-state index contributed by atoms with van der Waals surface area (Å²) < 4.78 is 29.1. The van der Waals surface area contributed by atoms with E-state index >= 15 is 0 Å². The van der Waals surface area contributed by atoms with E-state index in [4.69, 9.17) is 5.11 Å². The average molecular weight is 429 g/mol. The Bertz CT molecular complexity index is 684. The normalized spacial score (nSPS) is 50.8. The largest absolute Gasteiger partial charge is 0.481 e. The van der Waals surface area contributed by atoms with Crippen LogP contribution in [0.1, 0.15) is 78.6 Å². The van der Waals surface area contributed by atoms with Crippen molar-refractivity contribution in [1.82, 2.24) is 0 Å². The molecule has 0 aliphatic heterocycles. The molecule has 0 aromatic carbocycles. The molecule has 4 aliphatic carbocycles. The van der Waals surface area contributed by atoms with Crippen LogP contribution >= 0.6 is 0 Å². The van der Waals surface area contributed by atoms with Crippen molar-refractivity contribution in [2.24, 2.45) is 46.3 Å². The van der Waals surface area contributed by atoms with Gasteiger partial charge in [0.25, 0.3) is 5.92 Å². The minimum atomic E-state index is -3.05. The van der Waals surface area contributed by atoms with Crippen molar-refractivity contribution in [3.8, 4) is 0 Å². The lowest BCUT2D eigenvalue weighted by molar-refractivity contribution is -0.236. The molecular formula is C24H38F2O4. The zero-order valence-corrected chi connectivity index (χ0v) is 18.5. The molecule has 4 nitrogen and oxygen atoms in total. The monoisotopic (exact) mass is 428 g/mol. The van der Waals surface area contributed by atoms with Gasteiger partial charge in [-0.15, -0.1) is 0 Å². The SMILES string of the molecule is C[C@H](CCC(=O)O)[C@H]1CCC2C3C(CC[C@@]21C)[C@@]1(C)CC(F)(F)[C@H](O)C[C@H]1C[C@@H]3O. The van der Waals surface area contributed by atoms with Gasteiger partial charge in [-0.1, -0.05) is 20.8 Å². The standard InChI is InChI=1S/C24H38F2O4/c1-13(4-7-20(29)30)15-5-6-16-21-17(8-9-22(15,16)2)23(3)12-24(25,26)19(28)11-14(23)10-18(21)27/h13-19,21,27-28H,4-12H2,1-3H3,(H,29,30)/t13-,14-,15-,16?,17?,18+,19-,21?,22-,23+/m1/s1. The molecule has 30 heavy (non-hydrogen) atoms. The summed E-state index contributed by atoms with van der Waals surface area (Å²) in [6.45, 7) is 6.46. The van der Waals surface area contributed by atoms with Crippen LogP contribution in [-0.2, 0) is 4.79 Å².